The van der Waals surface area contributed by atoms with E-state index in [1.807, 2.05) is 29.9 Å². The molecule has 0 N–H and O–H groups in total. The molecule has 3 rings (SSSR count). The van der Waals surface area contributed by atoms with Gasteiger partial charge < -0.3 is 4.74 Å². The van der Waals surface area contributed by atoms with Crippen LogP contribution in [-0.2, 0) is 11.3 Å². The van der Waals surface area contributed by atoms with Crippen molar-refractivity contribution in [2.75, 3.05) is 6.61 Å². The molecule has 22 heavy (non-hydrogen) atoms. The fourth-order valence-electron chi connectivity index (χ4n) is 3.06. The van der Waals surface area contributed by atoms with Gasteiger partial charge >= 0.3 is 0 Å². The molecule has 2 heterocycles. The minimum atomic E-state index is 0.110. The van der Waals surface area contributed by atoms with Crippen LogP contribution in [0.2, 0.25) is 10.0 Å². The minimum Gasteiger partial charge on any atom is -0.376 e. The maximum absolute atomic E-state index is 6.19. The summed E-state index contributed by atoms with van der Waals surface area (Å²) in [4.78, 5) is 0. The SMILES string of the molecule is Cc1cnn(C[C@H]2OCCCCC2c2ccc(Cl)c(Cl)c2)c1. The minimum absolute atomic E-state index is 0.110. The Hall–Kier alpha value is -1.03. The van der Waals surface area contributed by atoms with Crippen LogP contribution in [0.15, 0.2) is 30.6 Å². The van der Waals surface area contributed by atoms with E-state index in [1.165, 1.54) is 17.5 Å². The maximum atomic E-state index is 6.19. The number of nitrogens with zero attached hydrogens (tertiary/aromatic N) is 2. The predicted octanol–water partition coefficient (Wildman–Crippen LogP) is 4.85. The molecule has 1 fully saturated rings. The quantitative estimate of drug-likeness (QED) is 0.799. The van der Waals surface area contributed by atoms with Gasteiger partial charge in [0.2, 0.25) is 0 Å². The van der Waals surface area contributed by atoms with E-state index in [0.717, 1.165) is 26.0 Å². The first-order valence-corrected chi connectivity index (χ1v) is 8.44. The molecule has 118 valence electrons. The topological polar surface area (TPSA) is 27.1 Å². The molecule has 1 aromatic heterocycles. The van der Waals surface area contributed by atoms with Crippen molar-refractivity contribution in [3.05, 3.63) is 51.8 Å². The van der Waals surface area contributed by atoms with Crippen LogP contribution in [-0.4, -0.2) is 22.5 Å². The highest BCUT2D eigenvalue weighted by atomic mass is 35.5. The third-order valence-corrected chi connectivity index (χ3v) is 4.93. The lowest BCUT2D eigenvalue weighted by molar-refractivity contribution is 0.0316. The maximum Gasteiger partial charge on any atom is 0.0839 e. The van der Waals surface area contributed by atoms with Crippen LogP contribution >= 0.6 is 23.2 Å². The monoisotopic (exact) mass is 338 g/mol. The molecule has 1 aromatic carbocycles. The first-order chi connectivity index (χ1) is 10.6. The van der Waals surface area contributed by atoms with Crippen molar-refractivity contribution in [1.29, 1.82) is 0 Å². The van der Waals surface area contributed by atoms with E-state index in [2.05, 4.69) is 17.4 Å². The fourth-order valence-corrected chi connectivity index (χ4v) is 3.37. The molecule has 0 saturated carbocycles. The van der Waals surface area contributed by atoms with Crippen LogP contribution in [0.25, 0.3) is 0 Å². The van der Waals surface area contributed by atoms with Gasteiger partial charge in [0.15, 0.2) is 0 Å². The highest BCUT2D eigenvalue weighted by Crippen LogP contribution is 2.34. The Morgan fingerprint density at radius 2 is 2.14 bits per heavy atom. The Balaban J connectivity index is 1.85. The first kappa shape index (κ1) is 15.9. The smallest absolute Gasteiger partial charge is 0.0839 e. The van der Waals surface area contributed by atoms with Crippen LogP contribution in [0.4, 0.5) is 0 Å². The van der Waals surface area contributed by atoms with Crippen molar-refractivity contribution in [3.8, 4) is 0 Å². The predicted molar refractivity (Wildman–Crippen MR) is 89.8 cm³/mol. The van der Waals surface area contributed by atoms with E-state index < -0.39 is 0 Å². The van der Waals surface area contributed by atoms with Gasteiger partial charge in [0.25, 0.3) is 0 Å². The van der Waals surface area contributed by atoms with E-state index in [1.54, 1.807) is 0 Å². The lowest BCUT2D eigenvalue weighted by Crippen LogP contribution is -2.27. The van der Waals surface area contributed by atoms with Crippen LogP contribution in [0.3, 0.4) is 0 Å². The molecule has 2 aromatic rings. The number of halogens is 2. The first-order valence-electron chi connectivity index (χ1n) is 7.69. The molecule has 0 bridgehead atoms. The molecular formula is C17H20Cl2N2O. The highest BCUT2D eigenvalue weighted by Gasteiger charge is 2.27. The summed E-state index contributed by atoms with van der Waals surface area (Å²) in [6.07, 6.45) is 7.42. The summed E-state index contributed by atoms with van der Waals surface area (Å²) in [5.41, 5.74) is 2.37. The van der Waals surface area contributed by atoms with E-state index in [4.69, 9.17) is 27.9 Å². The lowest BCUT2D eigenvalue weighted by atomic mass is 9.89. The number of hydrogen-bond donors (Lipinski definition) is 0. The number of ether oxygens (including phenoxy) is 1. The molecule has 0 amide bonds. The Morgan fingerprint density at radius 1 is 1.27 bits per heavy atom. The molecule has 2 atom stereocenters. The van der Waals surface area contributed by atoms with E-state index in [-0.39, 0.29) is 6.10 Å². The third-order valence-electron chi connectivity index (χ3n) is 4.19. The molecule has 0 radical (unpaired) electrons. The molecule has 3 nitrogen and oxygen atoms in total. The van der Waals surface area contributed by atoms with Crippen LogP contribution in [0.1, 0.15) is 36.3 Å². The van der Waals surface area contributed by atoms with Gasteiger partial charge in [-0.2, -0.15) is 5.10 Å². The summed E-state index contributed by atoms with van der Waals surface area (Å²) in [6, 6.07) is 5.92. The number of aryl methyl sites for hydroxylation is 1. The Morgan fingerprint density at radius 3 is 2.86 bits per heavy atom. The average Bonchev–Trinajstić information content (AvgIpc) is 2.76. The summed E-state index contributed by atoms with van der Waals surface area (Å²) in [7, 11) is 0. The Kier molecular flexibility index (Phi) is 5.07. The van der Waals surface area contributed by atoms with E-state index in [9.17, 15) is 0 Å². The molecule has 1 saturated heterocycles. The molecule has 0 aliphatic carbocycles. The Bertz CT molecular complexity index is 641. The second-order valence-electron chi connectivity index (χ2n) is 5.92. The van der Waals surface area contributed by atoms with Gasteiger partial charge in [-0.15, -0.1) is 0 Å². The summed E-state index contributed by atoms with van der Waals surface area (Å²) in [5, 5.41) is 5.59. The number of aromatic nitrogens is 2. The van der Waals surface area contributed by atoms with E-state index in [0.29, 0.717) is 16.0 Å². The summed E-state index contributed by atoms with van der Waals surface area (Å²) < 4.78 is 8.08. The van der Waals surface area contributed by atoms with Crippen molar-refractivity contribution in [1.82, 2.24) is 9.78 Å². The van der Waals surface area contributed by atoms with Crippen molar-refractivity contribution in [3.63, 3.8) is 0 Å². The van der Waals surface area contributed by atoms with Gasteiger partial charge in [0, 0.05) is 18.7 Å². The zero-order chi connectivity index (χ0) is 15.5. The van der Waals surface area contributed by atoms with Crippen molar-refractivity contribution >= 4 is 23.2 Å². The largest absolute Gasteiger partial charge is 0.376 e. The van der Waals surface area contributed by atoms with Crippen molar-refractivity contribution < 1.29 is 4.74 Å². The van der Waals surface area contributed by atoms with Crippen LogP contribution in [0.5, 0.6) is 0 Å². The summed E-state index contributed by atoms with van der Waals surface area (Å²) in [5.74, 6) is 0.321. The zero-order valence-electron chi connectivity index (χ0n) is 12.6. The van der Waals surface area contributed by atoms with Gasteiger partial charge in [-0.05, 0) is 43.0 Å². The standard InChI is InChI=1S/C17H20Cl2N2O/c1-12-9-20-21(10-12)11-17-14(4-2-3-7-22-17)13-5-6-15(18)16(19)8-13/h5-6,8-10,14,17H,2-4,7,11H2,1H3/t14?,17-/m1/s1. The van der Waals surface area contributed by atoms with Gasteiger partial charge in [-0.3, -0.25) is 4.68 Å². The van der Waals surface area contributed by atoms with Gasteiger partial charge in [-0.25, -0.2) is 0 Å². The molecule has 1 unspecified atom stereocenters. The molecule has 1 aliphatic rings. The molecule has 5 heteroatoms. The normalized spacial score (nSPS) is 22.5. The fraction of sp³-hybridized carbons (Fsp3) is 0.471. The van der Waals surface area contributed by atoms with Gasteiger partial charge in [0.1, 0.15) is 0 Å². The number of rotatable bonds is 3. The van der Waals surface area contributed by atoms with Crippen LogP contribution < -0.4 is 0 Å². The highest BCUT2D eigenvalue weighted by molar-refractivity contribution is 6.42. The number of hydrogen-bond acceptors (Lipinski definition) is 2. The Labute approximate surface area is 141 Å². The number of benzene rings is 1. The molecular weight excluding hydrogens is 319 g/mol. The van der Waals surface area contributed by atoms with Crippen molar-refractivity contribution in [2.24, 2.45) is 0 Å². The molecule has 1 aliphatic heterocycles. The second-order valence-corrected chi connectivity index (χ2v) is 6.74. The van der Waals surface area contributed by atoms with E-state index >= 15 is 0 Å². The average molecular weight is 339 g/mol. The van der Waals surface area contributed by atoms with Crippen molar-refractivity contribution in [2.45, 2.75) is 44.8 Å². The van der Waals surface area contributed by atoms with Crippen LogP contribution in [0, 0.1) is 6.92 Å². The zero-order valence-corrected chi connectivity index (χ0v) is 14.1. The second kappa shape index (κ2) is 7.03. The summed E-state index contributed by atoms with van der Waals surface area (Å²) >= 11 is 12.2. The third kappa shape index (κ3) is 3.65. The van der Waals surface area contributed by atoms with Gasteiger partial charge in [-0.1, -0.05) is 35.7 Å². The lowest BCUT2D eigenvalue weighted by Gasteiger charge is -2.25. The summed E-state index contributed by atoms with van der Waals surface area (Å²) in [6.45, 7) is 3.62. The molecule has 0 spiro atoms. The van der Waals surface area contributed by atoms with Gasteiger partial charge in [0.05, 0.1) is 28.9 Å².